The second-order valence-electron chi connectivity index (χ2n) is 7.44. The van der Waals surface area contributed by atoms with E-state index in [1.807, 2.05) is 26.0 Å². The third-order valence-corrected chi connectivity index (χ3v) is 5.18. The molecule has 2 N–H and O–H groups in total. The van der Waals surface area contributed by atoms with Crippen LogP contribution >= 0.6 is 0 Å². The topological polar surface area (TPSA) is 120 Å². The minimum absolute atomic E-state index is 0.214. The number of rotatable bonds is 6. The van der Waals surface area contributed by atoms with Crippen LogP contribution in [0.4, 0.5) is 0 Å². The van der Waals surface area contributed by atoms with Crippen LogP contribution in [0, 0.1) is 13.8 Å². The zero-order valence-electron chi connectivity index (χ0n) is 17.4. The van der Waals surface area contributed by atoms with E-state index in [0.29, 0.717) is 35.9 Å². The van der Waals surface area contributed by atoms with Gasteiger partial charge in [-0.3, -0.25) is 9.78 Å². The lowest BCUT2D eigenvalue weighted by Gasteiger charge is -2.28. The highest BCUT2D eigenvalue weighted by atomic mass is 16.5. The van der Waals surface area contributed by atoms with Gasteiger partial charge in [0.1, 0.15) is 18.1 Å². The summed E-state index contributed by atoms with van der Waals surface area (Å²) in [6, 6.07) is 6.78. The first-order valence-corrected chi connectivity index (χ1v) is 10.0. The Morgan fingerprint density at radius 2 is 2.10 bits per heavy atom. The Hall–Kier alpha value is -3.30. The molecule has 1 aliphatic rings. The van der Waals surface area contributed by atoms with Gasteiger partial charge in [0.25, 0.3) is 5.91 Å². The summed E-state index contributed by atoms with van der Waals surface area (Å²) in [6.07, 6.45) is 3.05. The molecule has 1 fully saturated rings. The molecule has 3 aromatic rings. The van der Waals surface area contributed by atoms with E-state index in [9.17, 15) is 9.90 Å². The van der Waals surface area contributed by atoms with Gasteiger partial charge in [0.15, 0.2) is 0 Å². The molecule has 4 heterocycles. The fourth-order valence-electron chi connectivity index (χ4n) is 3.28. The lowest BCUT2D eigenvalue weighted by Crippen LogP contribution is -2.48. The number of hydrogen-bond donors (Lipinski definition) is 2. The van der Waals surface area contributed by atoms with Crippen molar-refractivity contribution in [3.8, 4) is 17.1 Å². The van der Waals surface area contributed by atoms with Crippen LogP contribution in [-0.4, -0.2) is 51.5 Å². The smallest absolute Gasteiger partial charge is 0.253 e. The summed E-state index contributed by atoms with van der Waals surface area (Å²) >= 11 is 0. The van der Waals surface area contributed by atoms with Gasteiger partial charge in [-0.2, -0.15) is 0 Å². The van der Waals surface area contributed by atoms with Crippen molar-refractivity contribution in [3.63, 3.8) is 0 Å². The molecule has 2 atom stereocenters. The van der Waals surface area contributed by atoms with Crippen LogP contribution < -0.4 is 10.1 Å². The first-order chi connectivity index (χ1) is 15.0. The van der Waals surface area contributed by atoms with Gasteiger partial charge in [0.2, 0.25) is 5.88 Å². The van der Waals surface area contributed by atoms with Crippen molar-refractivity contribution in [2.24, 2.45) is 0 Å². The quantitative estimate of drug-likeness (QED) is 0.618. The number of nitrogens with one attached hydrogen (secondary N) is 1. The summed E-state index contributed by atoms with van der Waals surface area (Å²) in [5, 5.41) is 16.9. The number of aryl methyl sites for hydroxylation is 2. The van der Waals surface area contributed by atoms with Crippen molar-refractivity contribution < 1.29 is 23.9 Å². The van der Waals surface area contributed by atoms with E-state index in [2.05, 4.69) is 20.4 Å². The number of hydrogen-bond acceptors (Lipinski definition) is 8. The van der Waals surface area contributed by atoms with Gasteiger partial charge in [0.05, 0.1) is 29.9 Å². The van der Waals surface area contributed by atoms with Gasteiger partial charge in [-0.1, -0.05) is 5.16 Å². The molecule has 0 aromatic carbocycles. The second-order valence-corrected chi connectivity index (χ2v) is 7.44. The van der Waals surface area contributed by atoms with Crippen LogP contribution in [0.15, 0.2) is 41.2 Å². The molecule has 1 amide bonds. The van der Waals surface area contributed by atoms with Crippen molar-refractivity contribution in [1.29, 1.82) is 0 Å². The van der Waals surface area contributed by atoms with Gasteiger partial charge in [0, 0.05) is 36.3 Å². The predicted molar refractivity (Wildman–Crippen MR) is 110 cm³/mol. The molecule has 0 unspecified atom stereocenters. The lowest BCUT2D eigenvalue weighted by molar-refractivity contribution is -0.0260. The number of nitrogens with zero attached hydrogens (tertiary/aromatic N) is 3. The molecule has 0 aliphatic carbocycles. The number of aromatic nitrogens is 3. The Bertz CT molecular complexity index is 1030. The van der Waals surface area contributed by atoms with E-state index in [1.54, 1.807) is 18.3 Å². The summed E-state index contributed by atoms with van der Waals surface area (Å²) in [6.45, 7) is 4.69. The molecule has 0 saturated carbocycles. The third-order valence-electron chi connectivity index (χ3n) is 5.18. The average Bonchev–Trinajstić information content (AvgIpc) is 3.15. The highest BCUT2D eigenvalue weighted by Gasteiger charge is 2.25. The Morgan fingerprint density at radius 3 is 2.81 bits per heavy atom. The van der Waals surface area contributed by atoms with Crippen LogP contribution in [-0.2, 0) is 11.3 Å². The Kier molecular flexibility index (Phi) is 6.24. The SMILES string of the molecule is Cc1ccc(-c2noc(C)c2COc2ccc(C(=O)N[C@@H]3CCOC[C@H]3O)cn2)cn1. The molecule has 9 heteroatoms. The molecular weight excluding hydrogens is 400 g/mol. The van der Waals surface area contributed by atoms with E-state index < -0.39 is 6.10 Å². The fraction of sp³-hybridized carbons (Fsp3) is 0.364. The summed E-state index contributed by atoms with van der Waals surface area (Å²) < 4.78 is 16.3. The summed E-state index contributed by atoms with van der Waals surface area (Å²) in [4.78, 5) is 20.9. The molecule has 0 bridgehead atoms. The molecule has 1 saturated heterocycles. The number of pyridine rings is 2. The van der Waals surface area contributed by atoms with Crippen molar-refractivity contribution in [2.45, 2.75) is 39.0 Å². The Labute approximate surface area is 179 Å². The minimum atomic E-state index is -0.710. The lowest BCUT2D eigenvalue weighted by atomic mass is 10.1. The number of aliphatic hydroxyl groups excluding tert-OH is 1. The summed E-state index contributed by atoms with van der Waals surface area (Å²) in [5.74, 6) is 0.729. The third kappa shape index (κ3) is 4.89. The molecule has 1 aliphatic heterocycles. The highest BCUT2D eigenvalue weighted by Crippen LogP contribution is 2.26. The van der Waals surface area contributed by atoms with Gasteiger partial charge >= 0.3 is 0 Å². The van der Waals surface area contributed by atoms with Crippen LogP contribution in [0.2, 0.25) is 0 Å². The molecule has 9 nitrogen and oxygen atoms in total. The highest BCUT2D eigenvalue weighted by molar-refractivity contribution is 5.94. The van der Waals surface area contributed by atoms with Crippen LogP contribution in [0.5, 0.6) is 5.88 Å². The van der Waals surface area contributed by atoms with Gasteiger partial charge in [-0.25, -0.2) is 4.98 Å². The average molecular weight is 424 g/mol. The second kappa shape index (κ2) is 9.23. The number of aliphatic hydroxyl groups is 1. The van der Waals surface area contributed by atoms with Crippen molar-refractivity contribution in [3.05, 3.63) is 59.2 Å². The van der Waals surface area contributed by atoms with Gasteiger partial charge in [-0.15, -0.1) is 0 Å². The number of amides is 1. The summed E-state index contributed by atoms with van der Waals surface area (Å²) in [5.41, 5.74) is 3.63. The van der Waals surface area contributed by atoms with Crippen LogP contribution in [0.1, 0.15) is 33.8 Å². The van der Waals surface area contributed by atoms with Gasteiger partial charge in [-0.05, 0) is 38.5 Å². The zero-order chi connectivity index (χ0) is 21.8. The molecule has 31 heavy (non-hydrogen) atoms. The minimum Gasteiger partial charge on any atom is -0.473 e. The largest absolute Gasteiger partial charge is 0.473 e. The predicted octanol–water partition coefficient (Wildman–Crippen LogP) is 2.21. The fourth-order valence-corrected chi connectivity index (χ4v) is 3.28. The standard InChI is InChI=1S/C22H24N4O5/c1-13-3-4-15(9-23-13)21-17(14(2)31-26-21)11-30-20-6-5-16(10-24-20)22(28)25-18-7-8-29-12-19(18)27/h3-6,9-10,18-19,27H,7-8,11-12H2,1-2H3,(H,25,28)/t18-,19-/m1/s1. The van der Waals surface area contributed by atoms with Crippen molar-refractivity contribution in [2.75, 3.05) is 13.2 Å². The van der Waals surface area contributed by atoms with E-state index in [0.717, 1.165) is 16.8 Å². The monoisotopic (exact) mass is 424 g/mol. The first-order valence-electron chi connectivity index (χ1n) is 10.0. The van der Waals surface area contributed by atoms with Crippen molar-refractivity contribution >= 4 is 5.91 Å². The maximum absolute atomic E-state index is 12.4. The van der Waals surface area contributed by atoms with E-state index >= 15 is 0 Å². The maximum atomic E-state index is 12.4. The van der Waals surface area contributed by atoms with E-state index in [4.69, 9.17) is 14.0 Å². The zero-order valence-corrected chi connectivity index (χ0v) is 17.4. The van der Waals surface area contributed by atoms with Crippen LogP contribution in [0.3, 0.4) is 0 Å². The Morgan fingerprint density at radius 1 is 1.23 bits per heavy atom. The molecule has 0 spiro atoms. The van der Waals surface area contributed by atoms with Crippen molar-refractivity contribution in [1.82, 2.24) is 20.4 Å². The molecule has 162 valence electrons. The van der Waals surface area contributed by atoms with Gasteiger partial charge < -0.3 is 24.4 Å². The molecule has 0 radical (unpaired) electrons. The number of carbonyl (C=O) groups is 1. The molecule has 3 aromatic heterocycles. The Balaban J connectivity index is 1.39. The molecular formula is C22H24N4O5. The van der Waals surface area contributed by atoms with E-state index in [1.165, 1.54) is 6.20 Å². The number of ether oxygens (including phenoxy) is 2. The molecule has 4 rings (SSSR count). The van der Waals surface area contributed by atoms with Crippen LogP contribution in [0.25, 0.3) is 11.3 Å². The van der Waals surface area contributed by atoms with E-state index in [-0.39, 0.29) is 25.2 Å². The normalized spacial score (nSPS) is 18.5. The first kappa shape index (κ1) is 21.0. The summed E-state index contributed by atoms with van der Waals surface area (Å²) in [7, 11) is 0. The number of carbonyl (C=O) groups excluding carboxylic acids is 1. The maximum Gasteiger partial charge on any atom is 0.253 e.